The zero-order valence-corrected chi connectivity index (χ0v) is 19.2. The van der Waals surface area contributed by atoms with Gasteiger partial charge in [0.25, 0.3) is 0 Å². The van der Waals surface area contributed by atoms with Gasteiger partial charge in [0.1, 0.15) is 17.6 Å². The normalized spacial score (nSPS) is 28.1. The van der Waals surface area contributed by atoms with Gasteiger partial charge in [0, 0.05) is 11.5 Å². The minimum atomic E-state index is -1.21. The van der Waals surface area contributed by atoms with E-state index in [0.29, 0.717) is 5.57 Å². The molecule has 1 saturated heterocycles. The molecule has 2 aromatic rings. The summed E-state index contributed by atoms with van der Waals surface area (Å²) in [6.07, 6.45) is 0. The highest BCUT2D eigenvalue weighted by molar-refractivity contribution is 6.03. The number of benzene rings is 2. The predicted octanol–water partition coefficient (Wildman–Crippen LogP) is 3.25. The van der Waals surface area contributed by atoms with E-state index in [9.17, 15) is 14.4 Å². The standard InChI is InChI=1S/C27H26O7/c1-16(2)23(28)32-14-12-31-13-15-33-27-19-10-6-4-8-17(19)21(18-9-5-7-11-20(18)27)22-24(29)34-25(30)26(22,27)3/h4-11,21-22H,1,12-15H2,2-3H3. The van der Waals surface area contributed by atoms with Crippen LogP contribution in [0.15, 0.2) is 60.7 Å². The Kier molecular flexibility index (Phi) is 5.41. The molecule has 176 valence electrons. The largest absolute Gasteiger partial charge is 0.460 e. The fourth-order valence-electron chi connectivity index (χ4n) is 5.84. The van der Waals surface area contributed by atoms with E-state index in [-0.39, 0.29) is 32.3 Å². The molecule has 7 heteroatoms. The van der Waals surface area contributed by atoms with Gasteiger partial charge >= 0.3 is 17.9 Å². The summed E-state index contributed by atoms with van der Waals surface area (Å²) in [7, 11) is 0. The van der Waals surface area contributed by atoms with Crippen molar-refractivity contribution in [3.05, 3.63) is 82.9 Å². The van der Waals surface area contributed by atoms with Crippen molar-refractivity contribution in [3.8, 4) is 0 Å². The SMILES string of the molecule is C=C(C)C(=O)OCCOCCOC12c3ccccc3C(c3ccccc31)C1C(=O)OC(=O)C12C. The number of hydrogen-bond donors (Lipinski definition) is 0. The van der Waals surface area contributed by atoms with Crippen LogP contribution in [0.25, 0.3) is 0 Å². The zero-order chi connectivity index (χ0) is 24.1. The number of esters is 3. The van der Waals surface area contributed by atoms with Crippen molar-refractivity contribution < 1.29 is 33.3 Å². The van der Waals surface area contributed by atoms with Crippen LogP contribution in [0, 0.1) is 11.3 Å². The lowest BCUT2D eigenvalue weighted by molar-refractivity contribution is -0.176. The number of rotatable bonds is 8. The number of carbonyl (C=O) groups is 3. The van der Waals surface area contributed by atoms with Gasteiger partial charge < -0.3 is 18.9 Å². The molecule has 1 heterocycles. The van der Waals surface area contributed by atoms with Crippen LogP contribution in [-0.4, -0.2) is 44.3 Å². The maximum Gasteiger partial charge on any atom is 0.333 e. The van der Waals surface area contributed by atoms with Crippen molar-refractivity contribution in [2.75, 3.05) is 26.4 Å². The quantitative estimate of drug-likeness (QED) is 0.258. The van der Waals surface area contributed by atoms with Crippen LogP contribution < -0.4 is 0 Å². The van der Waals surface area contributed by atoms with Gasteiger partial charge in [-0.05, 0) is 36.1 Å². The molecule has 0 spiro atoms. The third-order valence-corrected chi connectivity index (χ3v) is 7.26. The van der Waals surface area contributed by atoms with Crippen molar-refractivity contribution in [2.45, 2.75) is 25.4 Å². The zero-order valence-electron chi connectivity index (χ0n) is 19.2. The van der Waals surface area contributed by atoms with E-state index >= 15 is 0 Å². The predicted molar refractivity (Wildman–Crippen MR) is 121 cm³/mol. The van der Waals surface area contributed by atoms with Crippen LogP contribution in [0.5, 0.6) is 0 Å². The number of hydrogen-bond acceptors (Lipinski definition) is 7. The highest BCUT2D eigenvalue weighted by Crippen LogP contribution is 2.69. The van der Waals surface area contributed by atoms with Gasteiger partial charge in [-0.1, -0.05) is 55.1 Å². The molecule has 7 nitrogen and oxygen atoms in total. The van der Waals surface area contributed by atoms with Gasteiger partial charge in [0.2, 0.25) is 0 Å². The first-order valence-corrected chi connectivity index (χ1v) is 11.3. The summed E-state index contributed by atoms with van der Waals surface area (Å²) in [5.74, 6) is -2.49. The molecule has 34 heavy (non-hydrogen) atoms. The summed E-state index contributed by atoms with van der Waals surface area (Å²) in [5, 5.41) is 0. The van der Waals surface area contributed by atoms with Crippen LogP contribution >= 0.6 is 0 Å². The highest BCUT2D eigenvalue weighted by atomic mass is 16.6. The Labute approximate surface area is 197 Å². The van der Waals surface area contributed by atoms with Crippen LogP contribution in [0.1, 0.15) is 42.0 Å². The highest BCUT2D eigenvalue weighted by Gasteiger charge is 2.75. The Balaban J connectivity index is 1.46. The molecule has 0 N–H and O–H groups in total. The van der Waals surface area contributed by atoms with Crippen molar-refractivity contribution in [1.82, 2.24) is 0 Å². The average molecular weight is 462 g/mol. The summed E-state index contributed by atoms with van der Waals surface area (Å²) in [6.45, 7) is 7.57. The molecular formula is C27H26O7. The van der Waals surface area contributed by atoms with E-state index < -0.39 is 34.8 Å². The second kappa shape index (κ2) is 8.18. The number of carbonyl (C=O) groups excluding carboxylic acids is 3. The van der Waals surface area contributed by atoms with Crippen molar-refractivity contribution >= 4 is 17.9 Å². The van der Waals surface area contributed by atoms with E-state index in [1.54, 1.807) is 13.8 Å². The molecule has 0 aromatic heterocycles. The van der Waals surface area contributed by atoms with Gasteiger partial charge in [0.05, 0.1) is 25.7 Å². The molecule has 2 bridgehead atoms. The van der Waals surface area contributed by atoms with E-state index in [1.807, 2.05) is 48.5 Å². The van der Waals surface area contributed by atoms with Gasteiger partial charge in [0.15, 0.2) is 0 Å². The molecular weight excluding hydrogens is 436 g/mol. The van der Waals surface area contributed by atoms with Gasteiger partial charge in [-0.2, -0.15) is 0 Å². The number of ether oxygens (including phenoxy) is 4. The molecule has 0 saturated carbocycles. The minimum absolute atomic E-state index is 0.102. The molecule has 0 radical (unpaired) electrons. The first-order chi connectivity index (χ1) is 16.3. The second-order valence-corrected chi connectivity index (χ2v) is 9.10. The topological polar surface area (TPSA) is 88.1 Å². The summed E-state index contributed by atoms with van der Waals surface area (Å²) >= 11 is 0. The molecule has 1 aliphatic heterocycles. The third kappa shape index (κ3) is 2.93. The van der Waals surface area contributed by atoms with E-state index in [4.69, 9.17) is 18.9 Å². The van der Waals surface area contributed by atoms with E-state index in [0.717, 1.165) is 22.3 Å². The number of cyclic esters (lactones) is 2. The van der Waals surface area contributed by atoms with Crippen molar-refractivity contribution in [2.24, 2.45) is 11.3 Å². The first-order valence-electron chi connectivity index (χ1n) is 11.3. The Morgan fingerprint density at radius 3 is 2.18 bits per heavy atom. The summed E-state index contributed by atoms with van der Waals surface area (Å²) in [5.41, 5.74) is 1.62. The minimum Gasteiger partial charge on any atom is -0.460 e. The second-order valence-electron chi connectivity index (χ2n) is 9.10. The molecule has 6 rings (SSSR count). The Morgan fingerprint density at radius 1 is 0.971 bits per heavy atom. The fourth-order valence-corrected chi connectivity index (χ4v) is 5.84. The van der Waals surface area contributed by atoms with Crippen LogP contribution in [-0.2, 0) is 38.9 Å². The van der Waals surface area contributed by atoms with Crippen LogP contribution in [0.4, 0.5) is 0 Å². The third-order valence-electron chi connectivity index (χ3n) is 7.26. The van der Waals surface area contributed by atoms with Crippen LogP contribution in [0.2, 0.25) is 0 Å². The summed E-state index contributed by atoms with van der Waals surface area (Å²) in [4.78, 5) is 37.7. The monoisotopic (exact) mass is 462 g/mol. The van der Waals surface area contributed by atoms with Crippen molar-refractivity contribution in [3.63, 3.8) is 0 Å². The summed E-state index contributed by atoms with van der Waals surface area (Å²) in [6, 6.07) is 15.6. The smallest absolute Gasteiger partial charge is 0.333 e. The maximum atomic E-state index is 13.2. The lowest BCUT2D eigenvalue weighted by Crippen LogP contribution is -2.61. The van der Waals surface area contributed by atoms with E-state index in [2.05, 4.69) is 6.58 Å². The van der Waals surface area contributed by atoms with Crippen LogP contribution in [0.3, 0.4) is 0 Å². The Hall–Kier alpha value is -3.29. The van der Waals surface area contributed by atoms with Gasteiger partial charge in [-0.3, -0.25) is 9.59 Å². The molecule has 4 aliphatic rings. The lowest BCUT2D eigenvalue weighted by atomic mass is 9.46. The first kappa shape index (κ1) is 22.5. The maximum absolute atomic E-state index is 13.2. The fraction of sp³-hybridized carbons (Fsp3) is 0.370. The molecule has 1 fully saturated rings. The summed E-state index contributed by atoms with van der Waals surface area (Å²) < 4.78 is 22.5. The van der Waals surface area contributed by atoms with Gasteiger partial charge in [-0.25, -0.2) is 4.79 Å². The lowest BCUT2D eigenvalue weighted by Gasteiger charge is -2.57. The Morgan fingerprint density at radius 2 is 1.56 bits per heavy atom. The molecule has 2 atom stereocenters. The molecule has 2 unspecified atom stereocenters. The molecule has 2 aromatic carbocycles. The van der Waals surface area contributed by atoms with Gasteiger partial charge in [-0.15, -0.1) is 0 Å². The van der Waals surface area contributed by atoms with E-state index in [1.165, 1.54) is 0 Å². The average Bonchev–Trinajstić information content (AvgIpc) is 3.07. The molecule has 0 amide bonds. The Bertz CT molecular complexity index is 1150. The van der Waals surface area contributed by atoms with Crippen molar-refractivity contribution in [1.29, 1.82) is 0 Å². The molecule has 3 aliphatic carbocycles.